The molecule has 2 aliphatic carbocycles. The van der Waals surface area contributed by atoms with E-state index in [0.717, 1.165) is 0 Å². The van der Waals surface area contributed by atoms with E-state index >= 15 is 0 Å². The molecule has 0 fully saturated rings. The Morgan fingerprint density at radius 1 is 0.750 bits per heavy atom. The maximum atomic E-state index is 8.18. The second-order valence-electron chi connectivity index (χ2n) is 8.64. The van der Waals surface area contributed by atoms with Crippen molar-refractivity contribution in [1.82, 2.24) is 0 Å². The van der Waals surface area contributed by atoms with Gasteiger partial charge >= 0.3 is 180 Å². The van der Waals surface area contributed by atoms with Gasteiger partial charge in [-0.3, -0.25) is 0 Å². The molecule has 2 aliphatic rings. The summed E-state index contributed by atoms with van der Waals surface area (Å²) in [4.78, 5) is 0. The van der Waals surface area contributed by atoms with Gasteiger partial charge in [-0.15, -0.1) is 0 Å². The first kappa shape index (κ1) is 20.8. The van der Waals surface area contributed by atoms with Crippen LogP contribution in [0.1, 0.15) is 57.3 Å². The molecule has 2 atom stereocenters. The Balaban J connectivity index is 2.02. The number of hydrogen-bond donors (Lipinski definition) is 0. The first-order valence-electron chi connectivity index (χ1n) is 10.4. The third-order valence-corrected chi connectivity index (χ3v) is 77.5. The van der Waals surface area contributed by atoms with Gasteiger partial charge in [-0.1, -0.05) is 0 Å². The molecule has 0 saturated carbocycles. The van der Waals surface area contributed by atoms with E-state index < -0.39 is 21.3 Å². The van der Waals surface area contributed by atoms with E-state index in [0.29, 0.717) is 0 Å². The summed E-state index contributed by atoms with van der Waals surface area (Å²) in [7, 11) is 16.4. The van der Waals surface area contributed by atoms with Crippen molar-refractivity contribution < 1.29 is 15.3 Å². The minimum atomic E-state index is -4.54. The van der Waals surface area contributed by atoms with Crippen LogP contribution in [0.4, 0.5) is 0 Å². The molecule has 0 aromatic heterocycles. The average Bonchev–Trinajstić information content (AvgIpc) is 3.18. The fraction of sp³-hybridized carbons (Fsp3) is 0.333. The Bertz CT molecular complexity index is 916. The molecule has 4 heteroatoms. The topological polar surface area (TPSA) is 0 Å². The van der Waals surface area contributed by atoms with E-state index in [1.165, 1.54) is 45.5 Å². The third-order valence-electron chi connectivity index (χ3n) is 7.16. The third kappa shape index (κ3) is 2.86. The molecule has 0 heterocycles. The fourth-order valence-electron chi connectivity index (χ4n) is 6.13. The van der Waals surface area contributed by atoms with Crippen molar-refractivity contribution in [3.05, 3.63) is 81.9 Å². The molecule has 2 aromatic rings. The summed E-state index contributed by atoms with van der Waals surface area (Å²) in [6.45, 7) is 9.20. The molecule has 28 heavy (non-hydrogen) atoms. The molecule has 147 valence electrons. The van der Waals surface area contributed by atoms with E-state index in [9.17, 15) is 0 Å². The van der Waals surface area contributed by atoms with Crippen LogP contribution < -0.4 is 0 Å². The second-order valence-corrected chi connectivity index (χ2v) is 65.0. The number of rotatable bonds is 5. The molecule has 4 rings (SSSR count). The van der Waals surface area contributed by atoms with Gasteiger partial charge < -0.3 is 0 Å². The molecular formula is C24H29Cl2HfSi. The van der Waals surface area contributed by atoms with Crippen LogP contribution in [0.25, 0.3) is 12.2 Å². The van der Waals surface area contributed by atoms with E-state index in [1.54, 1.807) is 0 Å². The second kappa shape index (κ2) is 7.37. The fourth-order valence-corrected chi connectivity index (χ4v) is 82.3. The standard InChI is InChI=1S/2C10H9.C4H11Si.2ClH.Hf/c2*1-8-6-9-4-2-3-5-10(9)7-8;1-3-5-4-2;;;/h2*2-7H,1H3;5H,3-4H2,1-2H3;2*1H;/q;;;;;+2/p-2. The molecule has 0 radical (unpaired) electrons. The van der Waals surface area contributed by atoms with E-state index in [-0.39, 0.29) is 7.35 Å². The predicted octanol–water partition coefficient (Wildman–Crippen LogP) is 8.06. The van der Waals surface area contributed by atoms with Crippen molar-refractivity contribution in [2.45, 2.75) is 47.1 Å². The molecule has 0 bridgehead atoms. The van der Waals surface area contributed by atoms with Gasteiger partial charge in [-0.2, -0.15) is 0 Å². The Kier molecular flexibility index (Phi) is 5.49. The van der Waals surface area contributed by atoms with Crippen LogP contribution in [0, 0.1) is 0 Å². The van der Waals surface area contributed by atoms with Crippen LogP contribution in [0.15, 0.2) is 59.7 Å². The molecule has 0 saturated heterocycles. The van der Waals surface area contributed by atoms with E-state index in [4.69, 9.17) is 17.2 Å². The Morgan fingerprint density at radius 3 is 1.54 bits per heavy atom. The summed E-state index contributed by atoms with van der Waals surface area (Å²) in [6.07, 6.45) is 4.69. The summed E-state index contributed by atoms with van der Waals surface area (Å²) in [5.74, 6) is -1.37. The van der Waals surface area contributed by atoms with Crippen molar-refractivity contribution >= 4 is 35.3 Å². The molecule has 0 amide bonds. The van der Waals surface area contributed by atoms with Gasteiger partial charge in [0.05, 0.1) is 0 Å². The predicted molar refractivity (Wildman–Crippen MR) is 125 cm³/mol. The van der Waals surface area contributed by atoms with Crippen LogP contribution in [0.3, 0.4) is 0 Å². The zero-order valence-electron chi connectivity index (χ0n) is 17.2. The van der Waals surface area contributed by atoms with Crippen LogP contribution in [-0.4, -0.2) is 5.98 Å². The summed E-state index contributed by atoms with van der Waals surface area (Å²) >= 11 is -4.54. The minimum absolute atomic E-state index is 0.243. The summed E-state index contributed by atoms with van der Waals surface area (Å²) in [6, 6.07) is 19.9. The monoisotopic (exact) mass is 595 g/mol. The van der Waals surface area contributed by atoms with Gasteiger partial charge in [0, 0.05) is 0 Å². The number of halogens is 2. The zero-order chi connectivity index (χ0) is 20.1. The van der Waals surface area contributed by atoms with Gasteiger partial charge in [0.25, 0.3) is 0 Å². The SMILES string of the molecule is CC[SiH](CC)[Hf]([Cl])([Cl])([CH]1C(C)=Cc2ccccc21)[CH]1C(C)=Cc2ccccc21. The first-order valence-corrected chi connectivity index (χ1v) is 31.9. The molecule has 0 nitrogen and oxygen atoms in total. The van der Waals surface area contributed by atoms with Crippen LogP contribution in [0.5, 0.6) is 0 Å². The van der Waals surface area contributed by atoms with Gasteiger partial charge in [-0.05, 0) is 0 Å². The van der Waals surface area contributed by atoms with Crippen LogP contribution in [0.2, 0.25) is 12.1 Å². The van der Waals surface area contributed by atoms with Crippen molar-refractivity contribution in [2.75, 3.05) is 0 Å². The molecular weight excluding hydrogens is 566 g/mol. The van der Waals surface area contributed by atoms with Crippen molar-refractivity contribution in [3.63, 3.8) is 0 Å². The number of hydrogen-bond acceptors (Lipinski definition) is 0. The van der Waals surface area contributed by atoms with E-state index in [2.05, 4.69) is 88.4 Å². The summed E-state index contributed by atoms with van der Waals surface area (Å²) < 4.78 is 0.486. The van der Waals surface area contributed by atoms with Crippen LogP contribution >= 0.6 is 17.2 Å². The maximum absolute atomic E-state index is 8.18. The van der Waals surface area contributed by atoms with Gasteiger partial charge in [0.2, 0.25) is 0 Å². The van der Waals surface area contributed by atoms with Gasteiger partial charge in [0.1, 0.15) is 0 Å². The normalized spacial score (nSPS) is 22.3. The first-order chi connectivity index (χ1) is 13.3. The Hall–Kier alpha value is -0.413. The quantitative estimate of drug-likeness (QED) is 0.307. The van der Waals surface area contributed by atoms with Crippen molar-refractivity contribution in [2.24, 2.45) is 0 Å². The van der Waals surface area contributed by atoms with Crippen molar-refractivity contribution in [3.8, 4) is 0 Å². The molecule has 2 unspecified atom stereocenters. The van der Waals surface area contributed by atoms with Gasteiger partial charge in [0.15, 0.2) is 0 Å². The van der Waals surface area contributed by atoms with Crippen LogP contribution in [-0.2, 0) is 15.3 Å². The number of fused-ring (bicyclic) bond motifs is 2. The average molecular weight is 595 g/mol. The Labute approximate surface area is 178 Å². The number of allylic oxidation sites excluding steroid dienone is 2. The molecule has 2 aromatic carbocycles. The summed E-state index contributed by atoms with van der Waals surface area (Å²) in [5.41, 5.74) is 8.19. The number of benzene rings is 2. The van der Waals surface area contributed by atoms with Gasteiger partial charge in [-0.25, -0.2) is 0 Å². The molecule has 0 aliphatic heterocycles. The zero-order valence-corrected chi connectivity index (χ0v) is 23.4. The summed E-state index contributed by atoms with van der Waals surface area (Å²) in [5, 5.41) is 0. The molecule has 0 N–H and O–H groups in total. The molecule has 0 spiro atoms. The van der Waals surface area contributed by atoms with E-state index in [1.807, 2.05) is 0 Å². The van der Waals surface area contributed by atoms with Crippen molar-refractivity contribution in [1.29, 1.82) is 0 Å². The Morgan fingerprint density at radius 2 is 1.14 bits per heavy atom.